The van der Waals surface area contributed by atoms with Crippen molar-refractivity contribution in [1.82, 2.24) is 5.32 Å². The average Bonchev–Trinajstić information content (AvgIpc) is 2.47. The second kappa shape index (κ2) is 3.57. The van der Waals surface area contributed by atoms with Crippen LogP contribution in [0.15, 0.2) is 0 Å². The van der Waals surface area contributed by atoms with Gasteiger partial charge in [0.15, 0.2) is 5.54 Å². The number of carbonyl (C=O) groups is 2. The molecule has 0 saturated carbocycles. The standard InChI is InChI=1S/C8H13NO3S/c1-3-5(2)8(6(10)11)4-13-7(12)9-8/h5H,3-4H2,1-2H3,(H,9,12)(H,10,11)/t5?,8-/m0/s1. The Hall–Kier alpha value is -0.710. The molecule has 1 aliphatic heterocycles. The lowest BCUT2D eigenvalue weighted by Gasteiger charge is -2.29. The third-order valence-electron chi connectivity index (χ3n) is 2.59. The number of rotatable bonds is 3. The maximum absolute atomic E-state index is 11.0. The lowest BCUT2D eigenvalue weighted by Crippen LogP contribution is -2.55. The maximum atomic E-state index is 11.0. The first-order chi connectivity index (χ1) is 6.03. The lowest BCUT2D eigenvalue weighted by atomic mass is 9.85. The summed E-state index contributed by atoms with van der Waals surface area (Å²) in [4.78, 5) is 22.0. The van der Waals surface area contributed by atoms with Crippen molar-refractivity contribution in [2.75, 3.05) is 5.75 Å². The Bertz CT molecular complexity index is 244. The fourth-order valence-electron chi connectivity index (χ4n) is 1.37. The van der Waals surface area contributed by atoms with Gasteiger partial charge in [0, 0.05) is 5.75 Å². The molecule has 1 saturated heterocycles. The fraction of sp³-hybridized carbons (Fsp3) is 0.750. The van der Waals surface area contributed by atoms with Gasteiger partial charge in [0.25, 0.3) is 5.24 Å². The molecule has 1 amide bonds. The van der Waals surface area contributed by atoms with Crippen molar-refractivity contribution in [1.29, 1.82) is 0 Å². The van der Waals surface area contributed by atoms with Crippen LogP contribution in [0.2, 0.25) is 0 Å². The van der Waals surface area contributed by atoms with Gasteiger partial charge in [-0.15, -0.1) is 0 Å². The molecule has 0 radical (unpaired) electrons. The van der Waals surface area contributed by atoms with Gasteiger partial charge in [0.1, 0.15) is 0 Å². The van der Waals surface area contributed by atoms with E-state index in [4.69, 9.17) is 5.11 Å². The Kier molecular flexibility index (Phi) is 2.85. The molecule has 0 aromatic heterocycles. The molecule has 1 heterocycles. The van der Waals surface area contributed by atoms with E-state index in [1.807, 2.05) is 13.8 Å². The summed E-state index contributed by atoms with van der Waals surface area (Å²) in [5, 5.41) is 11.4. The average molecular weight is 203 g/mol. The zero-order valence-corrected chi connectivity index (χ0v) is 8.48. The summed E-state index contributed by atoms with van der Waals surface area (Å²) in [5.41, 5.74) is -1.05. The maximum Gasteiger partial charge on any atom is 0.330 e. The number of aliphatic carboxylic acids is 1. The van der Waals surface area contributed by atoms with Crippen LogP contribution in [0.1, 0.15) is 20.3 Å². The minimum absolute atomic E-state index is 0.0380. The molecule has 4 nitrogen and oxygen atoms in total. The summed E-state index contributed by atoms with van der Waals surface area (Å²) in [6.07, 6.45) is 0.743. The predicted octanol–water partition coefficient (Wildman–Crippen LogP) is 1.31. The van der Waals surface area contributed by atoms with Gasteiger partial charge in [-0.05, 0) is 5.92 Å². The molecule has 74 valence electrons. The summed E-state index contributed by atoms with van der Waals surface area (Å²) in [5.74, 6) is -0.639. The summed E-state index contributed by atoms with van der Waals surface area (Å²) < 4.78 is 0. The number of hydrogen-bond donors (Lipinski definition) is 2. The summed E-state index contributed by atoms with van der Waals surface area (Å²) in [6, 6.07) is 0. The highest BCUT2D eigenvalue weighted by molar-refractivity contribution is 8.14. The molecule has 0 aromatic rings. The molecule has 0 spiro atoms. The third kappa shape index (κ3) is 1.65. The first-order valence-electron chi connectivity index (χ1n) is 4.21. The molecule has 13 heavy (non-hydrogen) atoms. The molecule has 0 bridgehead atoms. The molecule has 1 unspecified atom stereocenters. The molecule has 0 aromatic carbocycles. The minimum atomic E-state index is -1.05. The molecule has 2 atom stereocenters. The number of carboxylic acids is 1. The van der Waals surface area contributed by atoms with Gasteiger partial charge in [0.2, 0.25) is 0 Å². The van der Waals surface area contributed by atoms with Gasteiger partial charge in [-0.3, -0.25) is 4.79 Å². The topological polar surface area (TPSA) is 66.4 Å². The van der Waals surface area contributed by atoms with Crippen molar-refractivity contribution in [3.05, 3.63) is 0 Å². The number of nitrogens with one attached hydrogen (secondary N) is 1. The molecule has 1 rings (SSSR count). The highest BCUT2D eigenvalue weighted by Crippen LogP contribution is 2.31. The first kappa shape index (κ1) is 10.4. The molecular weight excluding hydrogens is 190 g/mol. The van der Waals surface area contributed by atoms with Crippen molar-refractivity contribution < 1.29 is 14.7 Å². The van der Waals surface area contributed by atoms with Crippen molar-refractivity contribution in [2.24, 2.45) is 5.92 Å². The number of carboxylic acid groups (broad SMARTS) is 1. The van der Waals surface area contributed by atoms with Crippen LogP contribution in [-0.4, -0.2) is 27.6 Å². The zero-order chi connectivity index (χ0) is 10.1. The van der Waals surface area contributed by atoms with Gasteiger partial charge >= 0.3 is 5.97 Å². The Balaban J connectivity index is 2.89. The second-order valence-corrected chi connectivity index (χ2v) is 4.24. The van der Waals surface area contributed by atoms with Crippen molar-refractivity contribution >= 4 is 23.0 Å². The largest absolute Gasteiger partial charge is 0.479 e. The Labute approximate surface area is 81.1 Å². The number of amides is 1. The van der Waals surface area contributed by atoms with E-state index >= 15 is 0 Å². The molecular formula is C8H13NO3S. The number of hydrogen-bond acceptors (Lipinski definition) is 3. The Morgan fingerprint density at radius 3 is 2.77 bits per heavy atom. The summed E-state index contributed by atoms with van der Waals surface area (Å²) in [6.45, 7) is 3.77. The molecule has 1 aliphatic rings. The second-order valence-electron chi connectivity index (χ2n) is 3.29. The van der Waals surface area contributed by atoms with Crippen LogP contribution in [0, 0.1) is 5.92 Å². The molecule has 5 heteroatoms. The van der Waals surface area contributed by atoms with Crippen LogP contribution < -0.4 is 5.32 Å². The van der Waals surface area contributed by atoms with Crippen LogP contribution in [-0.2, 0) is 4.79 Å². The van der Waals surface area contributed by atoms with Crippen molar-refractivity contribution in [2.45, 2.75) is 25.8 Å². The van der Waals surface area contributed by atoms with Gasteiger partial charge in [-0.2, -0.15) is 0 Å². The monoisotopic (exact) mass is 203 g/mol. The van der Waals surface area contributed by atoms with E-state index in [1.54, 1.807) is 0 Å². The van der Waals surface area contributed by atoms with E-state index in [2.05, 4.69) is 5.32 Å². The summed E-state index contributed by atoms with van der Waals surface area (Å²) >= 11 is 1.05. The molecule has 1 fully saturated rings. The number of carbonyl (C=O) groups excluding carboxylic acids is 1. The fourth-order valence-corrected chi connectivity index (χ4v) is 2.47. The van der Waals surface area contributed by atoms with E-state index in [1.165, 1.54) is 0 Å². The Morgan fingerprint density at radius 2 is 2.46 bits per heavy atom. The third-order valence-corrected chi connectivity index (χ3v) is 3.56. The minimum Gasteiger partial charge on any atom is -0.479 e. The Morgan fingerprint density at radius 1 is 1.85 bits per heavy atom. The van der Waals surface area contributed by atoms with E-state index in [0.29, 0.717) is 5.75 Å². The quantitative estimate of drug-likeness (QED) is 0.725. The van der Waals surface area contributed by atoms with Gasteiger partial charge in [0.05, 0.1) is 0 Å². The first-order valence-corrected chi connectivity index (χ1v) is 5.20. The SMILES string of the molecule is CCC(C)[C@]1(C(=O)O)CSC(=O)N1. The number of thioether (sulfide) groups is 1. The molecule has 2 N–H and O–H groups in total. The van der Waals surface area contributed by atoms with Crippen LogP contribution in [0.4, 0.5) is 4.79 Å². The van der Waals surface area contributed by atoms with Gasteiger partial charge < -0.3 is 10.4 Å². The van der Waals surface area contributed by atoms with Crippen LogP contribution in [0.3, 0.4) is 0 Å². The summed E-state index contributed by atoms with van der Waals surface area (Å²) in [7, 11) is 0. The van der Waals surface area contributed by atoms with Gasteiger partial charge in [-0.1, -0.05) is 32.0 Å². The van der Waals surface area contributed by atoms with E-state index in [-0.39, 0.29) is 11.2 Å². The highest BCUT2D eigenvalue weighted by atomic mass is 32.2. The van der Waals surface area contributed by atoms with Crippen LogP contribution in [0.25, 0.3) is 0 Å². The van der Waals surface area contributed by atoms with Crippen molar-refractivity contribution in [3.63, 3.8) is 0 Å². The van der Waals surface area contributed by atoms with Crippen molar-refractivity contribution in [3.8, 4) is 0 Å². The van der Waals surface area contributed by atoms with E-state index in [9.17, 15) is 9.59 Å². The van der Waals surface area contributed by atoms with E-state index in [0.717, 1.165) is 18.2 Å². The smallest absolute Gasteiger partial charge is 0.330 e. The van der Waals surface area contributed by atoms with Crippen LogP contribution >= 0.6 is 11.8 Å². The van der Waals surface area contributed by atoms with Gasteiger partial charge in [-0.25, -0.2) is 4.79 Å². The predicted molar refractivity (Wildman–Crippen MR) is 50.8 cm³/mol. The molecule has 0 aliphatic carbocycles. The normalized spacial score (nSPS) is 29.8. The lowest BCUT2D eigenvalue weighted by molar-refractivity contribution is -0.145. The highest BCUT2D eigenvalue weighted by Gasteiger charge is 2.48. The van der Waals surface area contributed by atoms with E-state index < -0.39 is 11.5 Å². The van der Waals surface area contributed by atoms with Crippen LogP contribution in [0.5, 0.6) is 0 Å². The zero-order valence-electron chi connectivity index (χ0n) is 7.66.